The Kier molecular flexibility index (Phi) is 9.60. The van der Waals surface area contributed by atoms with E-state index >= 15 is 0 Å². The van der Waals surface area contributed by atoms with Crippen LogP contribution in [0.15, 0.2) is 36.4 Å². The molecule has 2 rings (SSSR count). The lowest BCUT2D eigenvalue weighted by molar-refractivity contribution is -0.117. The first-order valence-electron chi connectivity index (χ1n) is 10.5. The van der Waals surface area contributed by atoms with Gasteiger partial charge in [-0.1, -0.05) is 18.6 Å². The van der Waals surface area contributed by atoms with Crippen LogP contribution in [0, 0.1) is 0 Å². The number of hydrogen-bond donors (Lipinski definition) is 2. The van der Waals surface area contributed by atoms with Crippen LogP contribution in [0.3, 0.4) is 0 Å². The molecule has 0 saturated heterocycles. The molecule has 0 radical (unpaired) electrons. The minimum atomic E-state index is -0.240. The van der Waals surface area contributed by atoms with E-state index in [1.165, 1.54) is 33.5 Å². The van der Waals surface area contributed by atoms with Gasteiger partial charge in [0.05, 0.1) is 21.3 Å². The van der Waals surface area contributed by atoms with Gasteiger partial charge in [-0.05, 0) is 61.2 Å². The van der Waals surface area contributed by atoms with E-state index in [0.29, 0.717) is 46.9 Å². The first-order chi connectivity index (χ1) is 15.4. The summed E-state index contributed by atoms with van der Waals surface area (Å²) in [7, 11) is 4.59. The van der Waals surface area contributed by atoms with Gasteiger partial charge in [0.15, 0.2) is 11.5 Å². The van der Waals surface area contributed by atoms with E-state index in [0.717, 1.165) is 19.3 Å². The number of unbranched alkanes of at least 4 members (excludes halogenated alkanes) is 2. The average Bonchev–Trinajstić information content (AvgIpc) is 2.79. The van der Waals surface area contributed by atoms with Crippen LogP contribution in [0.1, 0.15) is 43.7 Å². The molecule has 0 heterocycles. The number of benzene rings is 2. The molecular weight excluding hydrogens is 410 g/mol. The maximum absolute atomic E-state index is 13.0. The Morgan fingerprint density at radius 1 is 0.938 bits per heavy atom. The maximum atomic E-state index is 13.0. The van der Waals surface area contributed by atoms with Gasteiger partial charge in [-0.3, -0.25) is 4.79 Å². The normalized spacial score (nSPS) is 11.1. The third-order valence-corrected chi connectivity index (χ3v) is 4.91. The minimum absolute atomic E-state index is 0.117. The molecule has 0 bridgehead atoms. The molecule has 7 heteroatoms. The molecule has 0 spiro atoms. The zero-order valence-corrected chi connectivity index (χ0v) is 19.1. The molecular formula is C25H31NO6. The summed E-state index contributed by atoms with van der Waals surface area (Å²) in [6.07, 6.45) is 4.77. The van der Waals surface area contributed by atoms with Crippen molar-refractivity contribution in [1.29, 1.82) is 0 Å². The second kappa shape index (κ2) is 12.4. The van der Waals surface area contributed by atoms with Crippen LogP contribution in [-0.2, 0) is 9.59 Å². The Bertz CT molecular complexity index is 924. The Morgan fingerprint density at radius 2 is 1.56 bits per heavy atom. The molecule has 0 aliphatic carbocycles. The quantitative estimate of drug-likeness (QED) is 0.291. The van der Waals surface area contributed by atoms with Gasteiger partial charge in [-0.2, -0.15) is 0 Å². The van der Waals surface area contributed by atoms with Crippen LogP contribution in [0.2, 0.25) is 0 Å². The van der Waals surface area contributed by atoms with E-state index < -0.39 is 0 Å². The van der Waals surface area contributed by atoms with Crippen LogP contribution in [-0.4, -0.2) is 44.7 Å². The standard InChI is InChI=1S/C25H31NO6/c1-17(27)8-6-5-7-13-26-25(29)21(19-9-11-20(28)12-10-19)14-18-15-22(30-2)24(32-4)23(16-18)31-3/h9-12,14-16,28H,5-8,13H2,1-4H3,(H,26,29)/b21-14-. The highest BCUT2D eigenvalue weighted by molar-refractivity contribution is 6.24. The van der Waals surface area contributed by atoms with Gasteiger partial charge in [-0.15, -0.1) is 0 Å². The number of aromatic hydroxyl groups is 1. The highest BCUT2D eigenvalue weighted by atomic mass is 16.5. The number of Topliss-reactive ketones (excluding diaryl/α,β-unsaturated/α-hetero) is 1. The molecule has 32 heavy (non-hydrogen) atoms. The van der Waals surface area contributed by atoms with Gasteiger partial charge in [0.25, 0.3) is 5.91 Å². The Balaban J connectivity index is 2.29. The molecule has 2 N–H and O–H groups in total. The van der Waals surface area contributed by atoms with Crippen LogP contribution < -0.4 is 19.5 Å². The number of amides is 1. The van der Waals surface area contributed by atoms with Gasteiger partial charge in [0, 0.05) is 18.5 Å². The van der Waals surface area contributed by atoms with E-state index in [1.54, 1.807) is 37.3 Å². The number of ether oxygens (including phenoxy) is 3. The molecule has 0 saturated carbocycles. The van der Waals surface area contributed by atoms with Gasteiger partial charge in [0.1, 0.15) is 11.5 Å². The fraction of sp³-hybridized carbons (Fsp3) is 0.360. The summed E-state index contributed by atoms with van der Waals surface area (Å²) in [5.41, 5.74) is 1.79. The van der Waals surface area contributed by atoms with Crippen molar-refractivity contribution in [3.05, 3.63) is 47.5 Å². The molecule has 0 unspecified atom stereocenters. The van der Waals surface area contributed by atoms with Crippen LogP contribution >= 0.6 is 0 Å². The summed E-state index contributed by atoms with van der Waals surface area (Å²) < 4.78 is 16.2. The lowest BCUT2D eigenvalue weighted by atomic mass is 10.0. The highest BCUT2D eigenvalue weighted by Gasteiger charge is 2.16. The molecule has 0 atom stereocenters. The van der Waals surface area contributed by atoms with Crippen molar-refractivity contribution in [1.82, 2.24) is 5.32 Å². The van der Waals surface area contributed by atoms with Gasteiger partial charge >= 0.3 is 0 Å². The number of hydrogen-bond acceptors (Lipinski definition) is 6. The molecule has 0 aliphatic rings. The fourth-order valence-electron chi connectivity index (χ4n) is 3.25. The average molecular weight is 442 g/mol. The lowest BCUT2D eigenvalue weighted by Crippen LogP contribution is -2.25. The number of ketones is 1. The Hall–Kier alpha value is -3.48. The number of methoxy groups -OCH3 is 3. The number of phenols is 1. The van der Waals surface area contributed by atoms with Crippen molar-refractivity contribution >= 4 is 23.3 Å². The molecule has 1 amide bonds. The predicted molar refractivity (Wildman–Crippen MR) is 124 cm³/mol. The maximum Gasteiger partial charge on any atom is 0.251 e. The zero-order chi connectivity index (χ0) is 23.5. The van der Waals surface area contributed by atoms with Crippen LogP contribution in [0.4, 0.5) is 0 Å². The van der Waals surface area contributed by atoms with Gasteiger partial charge < -0.3 is 29.4 Å². The molecule has 2 aromatic carbocycles. The Morgan fingerprint density at radius 3 is 2.09 bits per heavy atom. The van der Waals surface area contributed by atoms with E-state index in [4.69, 9.17) is 14.2 Å². The molecule has 7 nitrogen and oxygen atoms in total. The number of carbonyl (C=O) groups is 2. The summed E-state index contributed by atoms with van der Waals surface area (Å²) in [6.45, 7) is 2.08. The second-order valence-corrected chi connectivity index (χ2v) is 7.33. The molecule has 2 aromatic rings. The monoisotopic (exact) mass is 441 g/mol. The first-order valence-corrected chi connectivity index (χ1v) is 10.5. The third-order valence-electron chi connectivity index (χ3n) is 4.91. The van der Waals surface area contributed by atoms with Crippen LogP contribution in [0.5, 0.6) is 23.0 Å². The van der Waals surface area contributed by atoms with E-state index in [2.05, 4.69) is 5.32 Å². The summed E-state index contributed by atoms with van der Waals surface area (Å²) >= 11 is 0. The molecule has 0 aromatic heterocycles. The van der Waals surface area contributed by atoms with E-state index in [9.17, 15) is 14.7 Å². The van der Waals surface area contributed by atoms with E-state index in [-0.39, 0.29) is 17.4 Å². The van der Waals surface area contributed by atoms with Crippen molar-refractivity contribution in [3.63, 3.8) is 0 Å². The molecule has 172 valence electrons. The minimum Gasteiger partial charge on any atom is -0.508 e. The fourth-order valence-corrected chi connectivity index (χ4v) is 3.25. The summed E-state index contributed by atoms with van der Waals surface area (Å²) in [4.78, 5) is 24.1. The number of nitrogens with one attached hydrogen (secondary N) is 1. The van der Waals surface area contributed by atoms with Gasteiger partial charge in [0.2, 0.25) is 5.75 Å². The Labute approximate surface area is 189 Å². The van der Waals surface area contributed by atoms with Crippen molar-refractivity contribution in [2.75, 3.05) is 27.9 Å². The zero-order valence-electron chi connectivity index (χ0n) is 19.1. The number of carbonyl (C=O) groups excluding carboxylic acids is 2. The first kappa shape index (κ1) is 24.8. The predicted octanol–water partition coefficient (Wildman–Crippen LogP) is 4.22. The highest BCUT2D eigenvalue weighted by Crippen LogP contribution is 2.39. The van der Waals surface area contributed by atoms with Crippen LogP contribution in [0.25, 0.3) is 11.6 Å². The second-order valence-electron chi connectivity index (χ2n) is 7.33. The summed E-state index contributed by atoms with van der Waals surface area (Å²) in [6, 6.07) is 9.96. The number of phenolic OH excluding ortho intramolecular Hbond substituents is 1. The summed E-state index contributed by atoms with van der Waals surface area (Å²) in [5, 5.41) is 12.6. The topological polar surface area (TPSA) is 94.1 Å². The summed E-state index contributed by atoms with van der Waals surface area (Å²) in [5.74, 6) is 1.48. The van der Waals surface area contributed by atoms with Gasteiger partial charge in [-0.25, -0.2) is 0 Å². The van der Waals surface area contributed by atoms with Crippen molar-refractivity contribution < 1.29 is 28.9 Å². The SMILES string of the molecule is COc1cc(/C=C(\C(=O)NCCCCCC(C)=O)c2ccc(O)cc2)cc(OC)c1OC. The van der Waals surface area contributed by atoms with E-state index in [1.807, 2.05) is 0 Å². The number of rotatable bonds is 12. The third kappa shape index (κ3) is 7.04. The van der Waals surface area contributed by atoms with Crippen molar-refractivity contribution in [2.45, 2.75) is 32.6 Å². The lowest BCUT2D eigenvalue weighted by Gasteiger charge is -2.14. The smallest absolute Gasteiger partial charge is 0.251 e. The van der Waals surface area contributed by atoms with Crippen molar-refractivity contribution in [2.24, 2.45) is 0 Å². The molecule has 0 fully saturated rings. The molecule has 0 aliphatic heterocycles. The largest absolute Gasteiger partial charge is 0.508 e. The van der Waals surface area contributed by atoms with Crippen molar-refractivity contribution in [3.8, 4) is 23.0 Å².